The van der Waals surface area contributed by atoms with Crippen LogP contribution in [0.4, 0.5) is 5.69 Å². The summed E-state index contributed by atoms with van der Waals surface area (Å²) in [6.45, 7) is 3.54. The third kappa shape index (κ3) is 5.78. The highest BCUT2D eigenvalue weighted by atomic mass is 79.9. The van der Waals surface area contributed by atoms with Gasteiger partial charge in [0.25, 0.3) is 0 Å². The van der Waals surface area contributed by atoms with Gasteiger partial charge in [-0.05, 0) is 24.3 Å². The summed E-state index contributed by atoms with van der Waals surface area (Å²) < 4.78 is -0.716. The van der Waals surface area contributed by atoms with Crippen LogP contribution in [0.25, 0.3) is 0 Å². The number of alkyl halides is 3. The second kappa shape index (κ2) is 7.02. The van der Waals surface area contributed by atoms with Crippen molar-refractivity contribution in [2.75, 3.05) is 5.32 Å². The molecule has 0 bridgehead atoms. The molecule has 19 heavy (non-hydrogen) atoms. The summed E-state index contributed by atoms with van der Waals surface area (Å²) in [5.74, 6) is -0.387. The van der Waals surface area contributed by atoms with Crippen LogP contribution >= 0.6 is 50.7 Å². The molecule has 1 amide bonds. The van der Waals surface area contributed by atoms with Gasteiger partial charge in [-0.3, -0.25) is 4.79 Å². The van der Waals surface area contributed by atoms with Gasteiger partial charge in [0.2, 0.25) is 9.70 Å². The average Bonchev–Trinajstić information content (AvgIpc) is 2.29. The molecule has 1 atom stereocenters. The molecule has 0 aliphatic heterocycles. The Hall–Kier alpha value is -0.160. The van der Waals surface area contributed by atoms with Gasteiger partial charge in [0.15, 0.2) is 0 Å². The van der Waals surface area contributed by atoms with E-state index in [4.69, 9.17) is 34.8 Å². The van der Waals surface area contributed by atoms with Gasteiger partial charge in [-0.15, -0.1) is 0 Å². The molecule has 0 saturated heterocycles. The number of rotatable bonds is 4. The van der Waals surface area contributed by atoms with Gasteiger partial charge in [-0.1, -0.05) is 64.6 Å². The first-order valence-electron chi connectivity index (χ1n) is 5.59. The maximum absolute atomic E-state index is 11.7. The normalized spacial score (nSPS) is 13.2. The fraction of sp³-hybridized carbons (Fsp3) is 0.417. The summed E-state index contributed by atoms with van der Waals surface area (Å²) in [6.07, 6.45) is -0.812. The SMILES string of the molecule is CC(C)C(=O)N[C@H](Nc1ccc(Br)cc1)C(Cl)(Cl)Cl. The molecular weight excluding hydrogens is 374 g/mol. The molecule has 0 radical (unpaired) electrons. The van der Waals surface area contributed by atoms with Crippen molar-refractivity contribution in [2.24, 2.45) is 5.92 Å². The van der Waals surface area contributed by atoms with Gasteiger partial charge in [0, 0.05) is 16.1 Å². The van der Waals surface area contributed by atoms with Crippen LogP contribution < -0.4 is 10.6 Å². The smallest absolute Gasteiger partial charge is 0.228 e. The Morgan fingerprint density at radius 3 is 2.16 bits per heavy atom. The highest BCUT2D eigenvalue weighted by molar-refractivity contribution is 9.10. The quantitative estimate of drug-likeness (QED) is 0.595. The van der Waals surface area contributed by atoms with Crippen LogP contribution in [-0.2, 0) is 4.79 Å². The first kappa shape index (κ1) is 16.9. The van der Waals surface area contributed by atoms with Gasteiger partial charge in [0.05, 0.1) is 0 Å². The molecule has 3 nitrogen and oxygen atoms in total. The van der Waals surface area contributed by atoms with Crippen LogP contribution in [0, 0.1) is 5.92 Å². The zero-order valence-electron chi connectivity index (χ0n) is 10.4. The zero-order chi connectivity index (χ0) is 14.6. The Kier molecular flexibility index (Phi) is 6.24. The van der Waals surface area contributed by atoms with E-state index >= 15 is 0 Å². The molecule has 1 aromatic rings. The third-order valence-corrected chi connectivity index (χ3v) is 3.48. The molecule has 2 N–H and O–H groups in total. The lowest BCUT2D eigenvalue weighted by Gasteiger charge is -2.28. The molecular formula is C12H14BrCl3N2O. The number of nitrogens with one attached hydrogen (secondary N) is 2. The highest BCUT2D eigenvalue weighted by Gasteiger charge is 2.34. The van der Waals surface area contributed by atoms with Crippen molar-refractivity contribution in [3.63, 3.8) is 0 Å². The minimum atomic E-state index is -1.66. The topological polar surface area (TPSA) is 41.1 Å². The Bertz CT molecular complexity index is 432. The number of benzene rings is 1. The molecule has 0 saturated carbocycles. The van der Waals surface area contributed by atoms with E-state index in [1.165, 1.54) is 0 Å². The molecule has 0 fully saturated rings. The lowest BCUT2D eigenvalue weighted by Crippen LogP contribution is -2.50. The maximum atomic E-state index is 11.7. The minimum Gasteiger partial charge on any atom is -0.362 e. The summed E-state index contributed by atoms with van der Waals surface area (Å²) in [6, 6.07) is 7.33. The predicted octanol–water partition coefficient (Wildman–Crippen LogP) is 4.33. The lowest BCUT2D eigenvalue weighted by molar-refractivity contribution is -0.124. The Balaban J connectivity index is 2.81. The number of carbonyl (C=O) groups excluding carboxylic acids is 1. The van der Waals surface area contributed by atoms with Gasteiger partial charge in [0.1, 0.15) is 6.17 Å². The van der Waals surface area contributed by atoms with E-state index in [-0.39, 0.29) is 11.8 Å². The summed E-state index contributed by atoms with van der Waals surface area (Å²) in [4.78, 5) is 11.7. The fourth-order valence-electron chi connectivity index (χ4n) is 1.22. The van der Waals surface area contributed by atoms with Crippen molar-refractivity contribution in [1.82, 2.24) is 5.32 Å². The largest absolute Gasteiger partial charge is 0.362 e. The summed E-state index contributed by atoms with van der Waals surface area (Å²) in [5, 5.41) is 5.65. The van der Waals surface area contributed by atoms with E-state index in [1.54, 1.807) is 13.8 Å². The molecule has 0 heterocycles. The molecule has 0 unspecified atom stereocenters. The van der Waals surface area contributed by atoms with Crippen LogP contribution in [-0.4, -0.2) is 15.9 Å². The second-order valence-electron chi connectivity index (χ2n) is 4.29. The van der Waals surface area contributed by atoms with Crippen molar-refractivity contribution < 1.29 is 4.79 Å². The molecule has 1 rings (SSSR count). The minimum absolute atomic E-state index is 0.193. The van der Waals surface area contributed by atoms with Crippen LogP contribution in [0.5, 0.6) is 0 Å². The van der Waals surface area contributed by atoms with E-state index < -0.39 is 9.96 Å². The monoisotopic (exact) mass is 386 g/mol. The molecule has 0 spiro atoms. The lowest BCUT2D eigenvalue weighted by atomic mass is 10.2. The van der Waals surface area contributed by atoms with Gasteiger partial charge < -0.3 is 10.6 Å². The molecule has 0 aromatic heterocycles. The van der Waals surface area contributed by atoms with Gasteiger partial charge >= 0.3 is 0 Å². The molecule has 1 aromatic carbocycles. The number of carbonyl (C=O) groups is 1. The first-order valence-corrected chi connectivity index (χ1v) is 7.52. The first-order chi connectivity index (χ1) is 8.70. The third-order valence-electron chi connectivity index (χ3n) is 2.29. The van der Waals surface area contributed by atoms with Crippen LogP contribution in [0.2, 0.25) is 0 Å². The van der Waals surface area contributed by atoms with Crippen molar-refractivity contribution in [1.29, 1.82) is 0 Å². The molecule has 0 aliphatic carbocycles. The number of anilines is 1. The van der Waals surface area contributed by atoms with Crippen molar-refractivity contribution in [3.05, 3.63) is 28.7 Å². The van der Waals surface area contributed by atoms with Crippen LogP contribution in [0.1, 0.15) is 13.8 Å². The maximum Gasteiger partial charge on any atom is 0.228 e. The number of hydrogen-bond acceptors (Lipinski definition) is 2. The standard InChI is InChI=1S/C12H14BrCl3N2O/c1-7(2)10(19)18-11(12(14,15)16)17-9-5-3-8(13)4-6-9/h3-7,11,17H,1-2H3,(H,18,19)/t11-/m0/s1. The van der Waals surface area contributed by atoms with Gasteiger partial charge in [-0.25, -0.2) is 0 Å². The average molecular weight is 389 g/mol. The van der Waals surface area contributed by atoms with Gasteiger partial charge in [-0.2, -0.15) is 0 Å². The summed E-state index contributed by atoms with van der Waals surface area (Å²) in [5.41, 5.74) is 0.739. The van der Waals surface area contributed by atoms with E-state index in [2.05, 4.69) is 26.6 Å². The number of halogens is 4. The fourth-order valence-corrected chi connectivity index (χ4v) is 1.81. The van der Waals surface area contributed by atoms with E-state index in [0.717, 1.165) is 10.2 Å². The van der Waals surface area contributed by atoms with Crippen LogP contribution in [0.3, 0.4) is 0 Å². The molecule has 0 aliphatic rings. The van der Waals surface area contributed by atoms with E-state index in [0.29, 0.717) is 0 Å². The summed E-state index contributed by atoms with van der Waals surface area (Å²) in [7, 11) is 0. The van der Waals surface area contributed by atoms with Crippen molar-refractivity contribution in [3.8, 4) is 0 Å². The zero-order valence-corrected chi connectivity index (χ0v) is 14.2. The molecule has 7 heteroatoms. The Labute approximate surface area is 136 Å². The van der Waals surface area contributed by atoms with Crippen molar-refractivity contribution in [2.45, 2.75) is 23.8 Å². The molecule has 106 valence electrons. The Morgan fingerprint density at radius 1 is 1.21 bits per heavy atom. The van der Waals surface area contributed by atoms with Crippen LogP contribution in [0.15, 0.2) is 28.7 Å². The van der Waals surface area contributed by atoms with E-state index in [9.17, 15) is 4.79 Å². The van der Waals surface area contributed by atoms with E-state index in [1.807, 2.05) is 24.3 Å². The Morgan fingerprint density at radius 2 is 1.74 bits per heavy atom. The predicted molar refractivity (Wildman–Crippen MR) is 84.8 cm³/mol. The highest BCUT2D eigenvalue weighted by Crippen LogP contribution is 2.31. The summed E-state index contributed by atoms with van der Waals surface area (Å²) >= 11 is 21.0. The van der Waals surface area contributed by atoms with Crippen molar-refractivity contribution >= 4 is 62.3 Å². The number of hydrogen-bond donors (Lipinski definition) is 2. The second-order valence-corrected chi connectivity index (χ2v) is 7.57. The number of amides is 1.